The smallest absolute Gasteiger partial charge is 0.254 e. The van der Waals surface area contributed by atoms with E-state index in [-0.39, 0.29) is 24.4 Å². The molecule has 0 radical (unpaired) electrons. The number of carbonyl (C=O) groups excluding carboxylic acids is 1. The van der Waals surface area contributed by atoms with Crippen LogP contribution in [0.4, 0.5) is 0 Å². The zero-order valence-corrected chi connectivity index (χ0v) is 14.8. The Hall–Kier alpha value is -1.85. The predicted molar refractivity (Wildman–Crippen MR) is 97.8 cm³/mol. The molecule has 1 fully saturated rings. The Labute approximate surface area is 149 Å². The van der Waals surface area contributed by atoms with Gasteiger partial charge in [0.1, 0.15) is 0 Å². The molecule has 0 bridgehead atoms. The van der Waals surface area contributed by atoms with Gasteiger partial charge in [0.15, 0.2) is 0 Å². The van der Waals surface area contributed by atoms with Crippen LogP contribution < -0.4 is 11.1 Å². The Morgan fingerprint density at radius 2 is 2.00 bits per heavy atom. The zero-order chi connectivity index (χ0) is 16.2. The first-order valence-electron chi connectivity index (χ1n) is 8.31. The van der Waals surface area contributed by atoms with Crippen LogP contribution in [0.1, 0.15) is 41.7 Å². The van der Waals surface area contributed by atoms with E-state index >= 15 is 0 Å². The zero-order valence-electron chi connectivity index (χ0n) is 13.9. The van der Waals surface area contributed by atoms with Gasteiger partial charge in [-0.15, -0.1) is 12.4 Å². The summed E-state index contributed by atoms with van der Waals surface area (Å²) in [6, 6.07) is 10.0. The molecule has 1 saturated carbocycles. The van der Waals surface area contributed by atoms with Crippen LogP contribution in [0.5, 0.6) is 0 Å². The normalized spacial score (nSPS) is 20.2. The Bertz CT molecular complexity index is 671. The van der Waals surface area contributed by atoms with Crippen LogP contribution in [0.2, 0.25) is 0 Å². The maximum Gasteiger partial charge on any atom is 0.254 e. The van der Waals surface area contributed by atoms with Crippen molar-refractivity contribution < 1.29 is 4.79 Å². The number of nitrogens with two attached hydrogens (primary N) is 1. The number of para-hydroxylation sites is 1. The summed E-state index contributed by atoms with van der Waals surface area (Å²) < 4.78 is 1.76. The maximum absolute atomic E-state index is 12.6. The molecule has 5 nitrogen and oxygen atoms in total. The minimum atomic E-state index is -0.0463. The fourth-order valence-corrected chi connectivity index (χ4v) is 3.32. The van der Waals surface area contributed by atoms with Crippen molar-refractivity contribution in [3.8, 4) is 5.69 Å². The molecule has 2 aromatic rings. The number of aryl methyl sites for hydroxylation is 1. The van der Waals surface area contributed by atoms with Gasteiger partial charge in [-0.05, 0) is 44.4 Å². The molecule has 3 rings (SSSR count). The van der Waals surface area contributed by atoms with E-state index in [9.17, 15) is 4.79 Å². The van der Waals surface area contributed by atoms with Crippen molar-refractivity contribution in [2.75, 3.05) is 6.54 Å². The van der Waals surface area contributed by atoms with Crippen LogP contribution >= 0.6 is 12.4 Å². The molecule has 1 amide bonds. The second-order valence-corrected chi connectivity index (χ2v) is 6.27. The molecule has 1 aromatic heterocycles. The van der Waals surface area contributed by atoms with Crippen molar-refractivity contribution >= 4 is 18.3 Å². The summed E-state index contributed by atoms with van der Waals surface area (Å²) in [5.41, 5.74) is 8.18. The highest BCUT2D eigenvalue weighted by Crippen LogP contribution is 2.24. The highest BCUT2D eigenvalue weighted by atomic mass is 35.5. The van der Waals surface area contributed by atoms with E-state index in [2.05, 4.69) is 10.4 Å². The van der Waals surface area contributed by atoms with Crippen LogP contribution in [0.3, 0.4) is 0 Å². The average molecular weight is 349 g/mol. The fourth-order valence-electron chi connectivity index (χ4n) is 3.32. The van der Waals surface area contributed by atoms with Crippen LogP contribution in [0, 0.1) is 12.8 Å². The molecule has 6 heteroatoms. The Morgan fingerprint density at radius 1 is 1.29 bits per heavy atom. The lowest BCUT2D eigenvalue weighted by Gasteiger charge is -2.31. The number of rotatable bonds is 4. The molecule has 0 aliphatic heterocycles. The van der Waals surface area contributed by atoms with Gasteiger partial charge in [-0.1, -0.05) is 31.0 Å². The number of hydrogen-bond donors (Lipinski definition) is 2. The first-order chi connectivity index (χ1) is 11.2. The molecule has 1 aliphatic carbocycles. The van der Waals surface area contributed by atoms with E-state index in [1.807, 2.05) is 37.3 Å². The lowest BCUT2D eigenvalue weighted by molar-refractivity contribution is 0.0907. The fraction of sp³-hybridized carbons (Fsp3) is 0.444. The standard InChI is InChI=1S/C18H24N4O.ClH/c1-13-16(12-22(21-13)15-8-3-2-4-9-15)18(23)20-17-10-6-5-7-14(17)11-19;/h2-4,8-9,12,14,17H,5-7,10-11,19H2,1H3,(H,20,23);1H. The number of benzene rings is 1. The summed E-state index contributed by atoms with van der Waals surface area (Å²) in [4.78, 5) is 12.6. The molecule has 1 aromatic carbocycles. The Balaban J connectivity index is 0.00000208. The molecule has 0 spiro atoms. The summed E-state index contributed by atoms with van der Waals surface area (Å²) >= 11 is 0. The van der Waals surface area contributed by atoms with Gasteiger partial charge in [-0.25, -0.2) is 4.68 Å². The van der Waals surface area contributed by atoms with Crippen molar-refractivity contribution in [3.63, 3.8) is 0 Å². The second-order valence-electron chi connectivity index (χ2n) is 6.27. The van der Waals surface area contributed by atoms with Crippen LogP contribution in [0.15, 0.2) is 36.5 Å². The molecule has 1 aliphatic rings. The number of hydrogen-bond acceptors (Lipinski definition) is 3. The lowest BCUT2D eigenvalue weighted by Crippen LogP contribution is -2.44. The third-order valence-electron chi connectivity index (χ3n) is 4.69. The number of carbonyl (C=O) groups is 1. The predicted octanol–water partition coefficient (Wildman–Crippen LogP) is 2.85. The van der Waals surface area contributed by atoms with Gasteiger partial charge in [0.25, 0.3) is 5.91 Å². The first kappa shape index (κ1) is 18.5. The SMILES string of the molecule is Cc1nn(-c2ccccc2)cc1C(=O)NC1CCCCC1CN.Cl. The van der Waals surface area contributed by atoms with E-state index < -0.39 is 0 Å². The molecule has 1 heterocycles. The average Bonchev–Trinajstić information content (AvgIpc) is 2.98. The molecular weight excluding hydrogens is 324 g/mol. The van der Waals surface area contributed by atoms with Gasteiger partial charge in [0.2, 0.25) is 0 Å². The number of amides is 1. The van der Waals surface area contributed by atoms with E-state index in [4.69, 9.17) is 5.73 Å². The van der Waals surface area contributed by atoms with Gasteiger partial charge in [0, 0.05) is 12.2 Å². The van der Waals surface area contributed by atoms with E-state index in [0.29, 0.717) is 18.0 Å². The minimum absolute atomic E-state index is 0. The number of nitrogens with zero attached hydrogens (tertiary/aromatic N) is 2. The molecule has 3 N–H and O–H groups in total. The quantitative estimate of drug-likeness (QED) is 0.892. The molecule has 2 unspecified atom stereocenters. The number of nitrogens with one attached hydrogen (secondary N) is 1. The Kier molecular flexibility index (Phi) is 6.40. The van der Waals surface area contributed by atoms with E-state index in [0.717, 1.165) is 30.6 Å². The molecular formula is C18H25ClN4O. The van der Waals surface area contributed by atoms with Crippen LogP contribution in [-0.2, 0) is 0 Å². The highest BCUT2D eigenvalue weighted by Gasteiger charge is 2.26. The van der Waals surface area contributed by atoms with Crippen molar-refractivity contribution in [3.05, 3.63) is 47.8 Å². The molecule has 2 atom stereocenters. The highest BCUT2D eigenvalue weighted by molar-refractivity contribution is 5.95. The lowest BCUT2D eigenvalue weighted by atomic mass is 9.84. The number of aromatic nitrogens is 2. The van der Waals surface area contributed by atoms with Crippen molar-refractivity contribution in [1.82, 2.24) is 15.1 Å². The molecule has 130 valence electrons. The van der Waals surface area contributed by atoms with Gasteiger partial charge in [-0.2, -0.15) is 5.10 Å². The molecule has 0 saturated heterocycles. The summed E-state index contributed by atoms with van der Waals surface area (Å²) in [6.07, 6.45) is 6.28. The van der Waals surface area contributed by atoms with Crippen LogP contribution in [-0.4, -0.2) is 28.3 Å². The maximum atomic E-state index is 12.6. The summed E-state index contributed by atoms with van der Waals surface area (Å²) in [7, 11) is 0. The monoisotopic (exact) mass is 348 g/mol. The topological polar surface area (TPSA) is 72.9 Å². The summed E-state index contributed by atoms with van der Waals surface area (Å²) in [6.45, 7) is 2.50. The first-order valence-corrected chi connectivity index (χ1v) is 8.31. The third-order valence-corrected chi connectivity index (χ3v) is 4.69. The van der Waals surface area contributed by atoms with Gasteiger partial charge < -0.3 is 11.1 Å². The largest absolute Gasteiger partial charge is 0.349 e. The van der Waals surface area contributed by atoms with Crippen molar-refractivity contribution in [2.24, 2.45) is 11.7 Å². The van der Waals surface area contributed by atoms with Gasteiger partial charge in [-0.3, -0.25) is 4.79 Å². The van der Waals surface area contributed by atoms with Crippen LogP contribution in [0.25, 0.3) is 5.69 Å². The van der Waals surface area contributed by atoms with Gasteiger partial charge in [0.05, 0.1) is 16.9 Å². The van der Waals surface area contributed by atoms with E-state index in [1.54, 1.807) is 10.9 Å². The Morgan fingerprint density at radius 3 is 2.71 bits per heavy atom. The van der Waals surface area contributed by atoms with Gasteiger partial charge >= 0.3 is 0 Å². The van der Waals surface area contributed by atoms with Crippen molar-refractivity contribution in [2.45, 2.75) is 38.6 Å². The minimum Gasteiger partial charge on any atom is -0.349 e. The summed E-state index contributed by atoms with van der Waals surface area (Å²) in [5.74, 6) is 0.340. The third kappa shape index (κ3) is 3.97. The summed E-state index contributed by atoms with van der Waals surface area (Å²) in [5, 5.41) is 7.63. The number of halogens is 1. The van der Waals surface area contributed by atoms with E-state index in [1.165, 1.54) is 6.42 Å². The second kappa shape index (κ2) is 8.31. The molecule has 24 heavy (non-hydrogen) atoms. The van der Waals surface area contributed by atoms with Crippen molar-refractivity contribution in [1.29, 1.82) is 0 Å².